The van der Waals surface area contributed by atoms with Crippen LogP contribution in [-0.2, 0) is 5.41 Å². The zero-order valence-corrected chi connectivity index (χ0v) is 33.5. The molecule has 0 aliphatic heterocycles. The Kier molecular flexibility index (Phi) is 6.76. The van der Waals surface area contributed by atoms with Gasteiger partial charge < -0.3 is 13.7 Å². The molecule has 1 spiro atoms. The first kappa shape index (κ1) is 33.7. The molecule has 3 nitrogen and oxygen atoms in total. The Morgan fingerprint density at radius 1 is 0.355 bits per heavy atom. The third-order valence-corrected chi connectivity index (χ3v) is 13.7. The van der Waals surface area contributed by atoms with Crippen molar-refractivity contribution in [2.45, 2.75) is 5.41 Å². The lowest BCUT2D eigenvalue weighted by atomic mass is 9.70. The summed E-state index contributed by atoms with van der Waals surface area (Å²) in [5.41, 5.74) is 18.6. The SMILES string of the molecule is c1ccc(N(c2ccc3c(c2)C2(c4ccccc4-c4ccccc42)c2ccccc2-3)c2ccc3c(oc4ccc5oc6ccccc6c5c43)c2-c2ccc3ccccc3c2)cc1. The molecule has 0 radical (unpaired) electrons. The molecule has 0 N–H and O–H groups in total. The van der Waals surface area contributed by atoms with Gasteiger partial charge in [0.05, 0.1) is 11.1 Å². The summed E-state index contributed by atoms with van der Waals surface area (Å²) in [6.07, 6.45) is 0. The number of rotatable bonds is 4. The minimum absolute atomic E-state index is 0.472. The molecule has 10 aromatic carbocycles. The second-order valence-corrected chi connectivity index (χ2v) is 16.7. The Morgan fingerprint density at radius 2 is 0.952 bits per heavy atom. The smallest absolute Gasteiger partial charge is 0.145 e. The van der Waals surface area contributed by atoms with Crippen LogP contribution in [0.4, 0.5) is 17.1 Å². The lowest BCUT2D eigenvalue weighted by molar-refractivity contribution is 0.663. The summed E-state index contributed by atoms with van der Waals surface area (Å²) in [5, 5.41) is 6.66. The fraction of sp³-hybridized carbons (Fsp3) is 0.0169. The second kappa shape index (κ2) is 12.4. The van der Waals surface area contributed by atoms with Gasteiger partial charge in [-0.05, 0) is 122 Å². The minimum atomic E-state index is -0.472. The molecule has 0 fully saturated rings. The lowest BCUT2D eigenvalue weighted by Gasteiger charge is -2.32. The third-order valence-electron chi connectivity index (χ3n) is 13.7. The van der Waals surface area contributed by atoms with E-state index in [1.54, 1.807) is 0 Å². The first-order valence-electron chi connectivity index (χ1n) is 21.3. The summed E-state index contributed by atoms with van der Waals surface area (Å²) < 4.78 is 13.6. The Morgan fingerprint density at radius 3 is 1.69 bits per heavy atom. The molecule has 0 atom stereocenters. The van der Waals surface area contributed by atoms with E-state index in [1.165, 1.54) is 55.3 Å². The van der Waals surface area contributed by atoms with Gasteiger partial charge in [0.1, 0.15) is 22.3 Å². The Labute approximate surface area is 357 Å². The topological polar surface area (TPSA) is 29.5 Å². The van der Waals surface area contributed by atoms with E-state index >= 15 is 0 Å². The van der Waals surface area contributed by atoms with E-state index in [0.717, 1.165) is 72.1 Å². The maximum Gasteiger partial charge on any atom is 0.145 e. The van der Waals surface area contributed by atoms with Crippen molar-refractivity contribution in [2.24, 2.45) is 0 Å². The summed E-state index contributed by atoms with van der Waals surface area (Å²) >= 11 is 0. The molecule has 0 saturated carbocycles. The van der Waals surface area contributed by atoms with Crippen molar-refractivity contribution in [1.82, 2.24) is 0 Å². The Hall–Kier alpha value is -8.14. The molecule has 0 amide bonds. The zero-order valence-electron chi connectivity index (χ0n) is 33.5. The van der Waals surface area contributed by atoms with Gasteiger partial charge in [0.2, 0.25) is 0 Å². The molecule has 2 aliphatic rings. The van der Waals surface area contributed by atoms with E-state index in [0.29, 0.717) is 0 Å². The van der Waals surface area contributed by atoms with E-state index in [2.05, 4.69) is 199 Å². The molecular weight excluding hydrogens is 755 g/mol. The van der Waals surface area contributed by atoms with Gasteiger partial charge in [0.25, 0.3) is 0 Å². The van der Waals surface area contributed by atoms with Crippen molar-refractivity contribution in [3.8, 4) is 33.4 Å². The highest BCUT2D eigenvalue weighted by atomic mass is 16.3. The highest BCUT2D eigenvalue weighted by molar-refractivity contribution is 6.27. The molecule has 2 aromatic heterocycles. The van der Waals surface area contributed by atoms with Gasteiger partial charge in [-0.3, -0.25) is 0 Å². The number of hydrogen-bond donors (Lipinski definition) is 0. The van der Waals surface area contributed by atoms with Crippen LogP contribution < -0.4 is 4.90 Å². The number of para-hydroxylation sites is 2. The number of anilines is 3. The summed E-state index contributed by atoms with van der Waals surface area (Å²) in [6.45, 7) is 0. The fourth-order valence-electron chi connectivity index (χ4n) is 11.2. The highest BCUT2D eigenvalue weighted by Crippen LogP contribution is 2.63. The van der Waals surface area contributed by atoms with Crippen LogP contribution in [0.15, 0.2) is 221 Å². The normalized spacial score (nSPS) is 13.3. The first-order valence-corrected chi connectivity index (χ1v) is 21.3. The lowest BCUT2D eigenvalue weighted by Crippen LogP contribution is -2.26. The van der Waals surface area contributed by atoms with Gasteiger partial charge >= 0.3 is 0 Å². The van der Waals surface area contributed by atoms with Crippen molar-refractivity contribution in [3.63, 3.8) is 0 Å². The number of nitrogens with zero attached hydrogens (tertiary/aromatic N) is 1. The number of hydrogen-bond acceptors (Lipinski definition) is 3. The summed E-state index contributed by atoms with van der Waals surface area (Å²) in [4.78, 5) is 2.43. The minimum Gasteiger partial charge on any atom is -0.456 e. The molecule has 62 heavy (non-hydrogen) atoms. The molecule has 14 rings (SSSR count). The second-order valence-electron chi connectivity index (χ2n) is 16.7. The number of fused-ring (bicyclic) bond motifs is 18. The maximum absolute atomic E-state index is 7.14. The molecule has 3 heteroatoms. The highest BCUT2D eigenvalue weighted by Gasteiger charge is 2.51. The van der Waals surface area contributed by atoms with E-state index in [9.17, 15) is 0 Å². The van der Waals surface area contributed by atoms with Gasteiger partial charge in [-0.1, -0.05) is 152 Å². The average Bonchev–Trinajstić information content (AvgIpc) is 4.07. The van der Waals surface area contributed by atoms with E-state index < -0.39 is 5.41 Å². The van der Waals surface area contributed by atoms with Crippen molar-refractivity contribution < 1.29 is 8.83 Å². The van der Waals surface area contributed by atoms with Gasteiger partial charge in [0, 0.05) is 38.5 Å². The predicted molar refractivity (Wildman–Crippen MR) is 255 cm³/mol. The summed E-state index contributed by atoms with van der Waals surface area (Å²) in [7, 11) is 0. The van der Waals surface area contributed by atoms with Crippen molar-refractivity contribution >= 4 is 71.7 Å². The van der Waals surface area contributed by atoms with Crippen molar-refractivity contribution in [2.75, 3.05) is 4.90 Å². The van der Waals surface area contributed by atoms with E-state index in [1.807, 2.05) is 18.2 Å². The van der Waals surface area contributed by atoms with Crippen molar-refractivity contribution in [3.05, 3.63) is 235 Å². The van der Waals surface area contributed by atoms with Gasteiger partial charge in [-0.15, -0.1) is 0 Å². The van der Waals surface area contributed by atoms with Crippen molar-refractivity contribution in [1.29, 1.82) is 0 Å². The van der Waals surface area contributed by atoms with Crippen LogP contribution in [0.5, 0.6) is 0 Å². The van der Waals surface area contributed by atoms with Gasteiger partial charge in [0.15, 0.2) is 0 Å². The van der Waals surface area contributed by atoms with E-state index in [-0.39, 0.29) is 0 Å². The molecular formula is C59H35NO2. The number of benzene rings is 10. The van der Waals surface area contributed by atoms with Crippen LogP contribution in [0.2, 0.25) is 0 Å². The molecule has 0 saturated heterocycles. The van der Waals surface area contributed by atoms with Crippen LogP contribution >= 0.6 is 0 Å². The fourth-order valence-corrected chi connectivity index (χ4v) is 11.2. The Bertz CT molecular complexity index is 3770. The molecule has 2 aliphatic carbocycles. The molecule has 0 unspecified atom stereocenters. The van der Waals surface area contributed by atoms with Gasteiger partial charge in [-0.25, -0.2) is 0 Å². The summed E-state index contributed by atoms with van der Waals surface area (Å²) in [5.74, 6) is 0. The standard InChI is InChI=1S/C59H35NO2/c1-2-16-39(17-3-1)60(40-28-29-44-43-20-8-12-24-49(43)59(50(44)35-40)47-22-10-6-18-41(47)42-19-7-11-23-48(42)59)51-31-30-46-57-54(33-32-53-56(57)45-21-9-13-25-52(45)61-53)62-58(46)55(51)38-27-26-36-14-4-5-15-37(36)34-38/h1-35H. The van der Waals surface area contributed by atoms with Crippen LogP contribution in [0.3, 0.4) is 0 Å². The third kappa shape index (κ3) is 4.39. The molecule has 12 aromatic rings. The zero-order chi connectivity index (χ0) is 40.5. The molecule has 2 heterocycles. The molecule has 0 bridgehead atoms. The Balaban J connectivity index is 1.09. The predicted octanol–water partition coefficient (Wildman–Crippen LogP) is 16.1. The van der Waals surface area contributed by atoms with E-state index in [4.69, 9.17) is 8.83 Å². The van der Waals surface area contributed by atoms with Crippen LogP contribution in [0.25, 0.3) is 88.0 Å². The maximum atomic E-state index is 7.14. The van der Waals surface area contributed by atoms with Gasteiger partial charge in [-0.2, -0.15) is 0 Å². The molecule has 288 valence electrons. The first-order chi connectivity index (χ1) is 30.8. The van der Waals surface area contributed by atoms with Crippen LogP contribution in [-0.4, -0.2) is 0 Å². The van der Waals surface area contributed by atoms with Crippen LogP contribution in [0.1, 0.15) is 22.3 Å². The quantitative estimate of drug-likeness (QED) is 0.178. The average molecular weight is 790 g/mol. The monoisotopic (exact) mass is 789 g/mol. The largest absolute Gasteiger partial charge is 0.456 e. The number of furan rings is 2. The summed E-state index contributed by atoms with van der Waals surface area (Å²) in [6, 6.07) is 77.3. The van der Waals surface area contributed by atoms with Crippen LogP contribution in [0, 0.1) is 0 Å².